The lowest BCUT2D eigenvalue weighted by Crippen LogP contribution is -2.33. The maximum absolute atomic E-state index is 11.5. The average molecular weight is 304 g/mol. The first-order valence-electron chi connectivity index (χ1n) is 7.75. The first-order chi connectivity index (χ1) is 10.6. The highest BCUT2D eigenvalue weighted by Gasteiger charge is 2.46. The average Bonchev–Trinajstić information content (AvgIpc) is 3.03. The SMILES string of the molecule is COC(=O)CN1C[C@@H]2CN(C)[C@@H](c3ccc(OC)cc3)[C@@H]2C1. The van der Waals surface area contributed by atoms with E-state index in [-0.39, 0.29) is 5.97 Å². The molecule has 0 amide bonds. The monoisotopic (exact) mass is 304 g/mol. The standard InChI is InChI=1S/C17H24N2O3/c1-18-8-13-9-19(11-16(20)22-3)10-15(13)17(18)12-4-6-14(21-2)7-5-12/h4-7,13,15,17H,8-11H2,1-3H3/t13-,15+,17-/m0/s1. The summed E-state index contributed by atoms with van der Waals surface area (Å²) in [5.74, 6) is 1.94. The zero-order valence-corrected chi connectivity index (χ0v) is 13.5. The molecule has 0 spiro atoms. The summed E-state index contributed by atoms with van der Waals surface area (Å²) in [5, 5.41) is 0. The molecule has 0 aromatic heterocycles. The molecule has 2 aliphatic heterocycles. The molecule has 0 saturated carbocycles. The fourth-order valence-corrected chi connectivity index (χ4v) is 4.03. The molecular formula is C17H24N2O3. The first kappa shape index (κ1) is 15.3. The van der Waals surface area contributed by atoms with E-state index in [0.717, 1.165) is 25.4 Å². The van der Waals surface area contributed by atoms with Gasteiger partial charge in [-0.2, -0.15) is 0 Å². The lowest BCUT2D eigenvalue weighted by Gasteiger charge is -2.26. The molecule has 5 nitrogen and oxygen atoms in total. The fraction of sp³-hybridized carbons (Fsp3) is 0.588. The van der Waals surface area contributed by atoms with Gasteiger partial charge in [-0.3, -0.25) is 14.6 Å². The molecule has 2 saturated heterocycles. The number of rotatable bonds is 4. The van der Waals surface area contributed by atoms with Crippen molar-refractivity contribution in [1.29, 1.82) is 0 Å². The van der Waals surface area contributed by atoms with E-state index in [2.05, 4.69) is 29.0 Å². The molecule has 0 radical (unpaired) electrons. The number of nitrogens with zero attached hydrogens (tertiary/aromatic N) is 2. The topological polar surface area (TPSA) is 42.0 Å². The van der Waals surface area contributed by atoms with Crippen LogP contribution in [-0.4, -0.2) is 63.2 Å². The van der Waals surface area contributed by atoms with Gasteiger partial charge in [0.2, 0.25) is 0 Å². The minimum atomic E-state index is -0.144. The molecule has 0 aliphatic carbocycles. The largest absolute Gasteiger partial charge is 0.497 e. The Balaban J connectivity index is 1.73. The van der Waals surface area contributed by atoms with Crippen LogP contribution in [-0.2, 0) is 9.53 Å². The molecule has 3 rings (SSSR count). The number of ether oxygens (including phenoxy) is 2. The lowest BCUT2D eigenvalue weighted by molar-refractivity contribution is -0.141. The molecule has 5 heteroatoms. The molecular weight excluding hydrogens is 280 g/mol. The summed E-state index contributed by atoms with van der Waals surface area (Å²) < 4.78 is 10.0. The Kier molecular flexibility index (Phi) is 4.36. The lowest BCUT2D eigenvalue weighted by atomic mass is 9.89. The van der Waals surface area contributed by atoms with Gasteiger partial charge in [0.15, 0.2) is 0 Å². The smallest absolute Gasteiger partial charge is 0.319 e. The second-order valence-electron chi connectivity index (χ2n) is 6.35. The van der Waals surface area contributed by atoms with Crippen molar-refractivity contribution in [3.05, 3.63) is 29.8 Å². The zero-order chi connectivity index (χ0) is 15.7. The van der Waals surface area contributed by atoms with Crippen LogP contribution in [0.3, 0.4) is 0 Å². The summed E-state index contributed by atoms with van der Waals surface area (Å²) in [7, 11) is 5.33. The van der Waals surface area contributed by atoms with Gasteiger partial charge < -0.3 is 9.47 Å². The molecule has 2 heterocycles. The minimum Gasteiger partial charge on any atom is -0.497 e. The second kappa shape index (κ2) is 6.26. The van der Waals surface area contributed by atoms with Crippen LogP contribution in [0.15, 0.2) is 24.3 Å². The van der Waals surface area contributed by atoms with Gasteiger partial charge in [-0.05, 0) is 36.6 Å². The normalized spacial score (nSPS) is 28.6. The molecule has 1 aromatic carbocycles. The summed E-state index contributed by atoms with van der Waals surface area (Å²) in [5.41, 5.74) is 1.33. The predicted molar refractivity (Wildman–Crippen MR) is 83.8 cm³/mol. The number of carbonyl (C=O) groups is 1. The van der Waals surface area contributed by atoms with E-state index in [4.69, 9.17) is 9.47 Å². The number of methoxy groups -OCH3 is 2. The number of fused-ring (bicyclic) bond motifs is 1. The van der Waals surface area contributed by atoms with Gasteiger partial charge in [-0.25, -0.2) is 0 Å². The predicted octanol–water partition coefficient (Wildman–Crippen LogP) is 1.40. The maximum atomic E-state index is 11.5. The molecule has 22 heavy (non-hydrogen) atoms. The summed E-state index contributed by atoms with van der Waals surface area (Å²) >= 11 is 0. The Bertz CT molecular complexity index is 531. The van der Waals surface area contributed by atoms with Crippen molar-refractivity contribution >= 4 is 5.97 Å². The van der Waals surface area contributed by atoms with Crippen molar-refractivity contribution in [3.63, 3.8) is 0 Å². The third kappa shape index (κ3) is 2.83. The van der Waals surface area contributed by atoms with Gasteiger partial charge in [0, 0.05) is 25.7 Å². The zero-order valence-electron chi connectivity index (χ0n) is 13.5. The van der Waals surface area contributed by atoms with Crippen LogP contribution >= 0.6 is 0 Å². The maximum Gasteiger partial charge on any atom is 0.319 e. The third-order valence-electron chi connectivity index (χ3n) is 5.01. The van der Waals surface area contributed by atoms with Crippen LogP contribution in [0.1, 0.15) is 11.6 Å². The summed E-state index contributed by atoms with van der Waals surface area (Å²) in [6.07, 6.45) is 0. The number of hydrogen-bond acceptors (Lipinski definition) is 5. The molecule has 0 N–H and O–H groups in total. The van der Waals surface area contributed by atoms with E-state index < -0.39 is 0 Å². The summed E-state index contributed by atoms with van der Waals surface area (Å²) in [6, 6.07) is 8.78. The van der Waals surface area contributed by atoms with Gasteiger partial charge in [0.25, 0.3) is 0 Å². The fourth-order valence-electron chi connectivity index (χ4n) is 4.03. The summed E-state index contributed by atoms with van der Waals surface area (Å²) in [4.78, 5) is 16.1. The van der Waals surface area contributed by atoms with Crippen LogP contribution in [0.2, 0.25) is 0 Å². The highest BCUT2D eigenvalue weighted by molar-refractivity contribution is 5.71. The van der Waals surface area contributed by atoms with Crippen LogP contribution < -0.4 is 4.74 Å². The molecule has 1 aromatic rings. The van der Waals surface area contributed by atoms with Gasteiger partial charge >= 0.3 is 5.97 Å². The van der Waals surface area contributed by atoms with Crippen molar-refractivity contribution in [3.8, 4) is 5.75 Å². The van der Waals surface area contributed by atoms with Crippen molar-refractivity contribution in [2.75, 3.05) is 47.4 Å². The van der Waals surface area contributed by atoms with E-state index in [1.54, 1.807) is 7.11 Å². The quantitative estimate of drug-likeness (QED) is 0.787. The Morgan fingerprint density at radius 2 is 1.91 bits per heavy atom. The van der Waals surface area contributed by atoms with Crippen molar-refractivity contribution < 1.29 is 14.3 Å². The molecule has 3 atom stereocenters. The van der Waals surface area contributed by atoms with E-state index in [1.807, 2.05) is 12.1 Å². The number of carbonyl (C=O) groups excluding carboxylic acids is 1. The highest BCUT2D eigenvalue weighted by Crippen LogP contribution is 2.44. The van der Waals surface area contributed by atoms with Gasteiger partial charge in [0.1, 0.15) is 5.75 Å². The van der Waals surface area contributed by atoms with Crippen LogP contribution in [0.25, 0.3) is 0 Å². The van der Waals surface area contributed by atoms with E-state index in [9.17, 15) is 4.79 Å². The van der Waals surface area contributed by atoms with Gasteiger partial charge in [0.05, 0.1) is 20.8 Å². The van der Waals surface area contributed by atoms with E-state index >= 15 is 0 Å². The molecule has 0 bridgehead atoms. The Labute approximate surface area is 131 Å². The molecule has 120 valence electrons. The van der Waals surface area contributed by atoms with Gasteiger partial charge in [-0.15, -0.1) is 0 Å². The van der Waals surface area contributed by atoms with Gasteiger partial charge in [-0.1, -0.05) is 12.1 Å². The first-order valence-corrected chi connectivity index (χ1v) is 7.75. The highest BCUT2D eigenvalue weighted by atomic mass is 16.5. The Morgan fingerprint density at radius 3 is 2.55 bits per heavy atom. The number of hydrogen-bond donors (Lipinski definition) is 0. The van der Waals surface area contributed by atoms with Crippen molar-refractivity contribution in [1.82, 2.24) is 9.80 Å². The number of esters is 1. The minimum absolute atomic E-state index is 0.144. The molecule has 2 aliphatic rings. The van der Waals surface area contributed by atoms with Crippen LogP contribution in [0.5, 0.6) is 5.75 Å². The van der Waals surface area contributed by atoms with E-state index in [0.29, 0.717) is 24.4 Å². The van der Waals surface area contributed by atoms with E-state index in [1.165, 1.54) is 12.7 Å². The third-order valence-corrected chi connectivity index (χ3v) is 5.01. The molecule has 2 fully saturated rings. The van der Waals surface area contributed by atoms with Crippen LogP contribution in [0, 0.1) is 11.8 Å². The Hall–Kier alpha value is -1.59. The van der Waals surface area contributed by atoms with Crippen molar-refractivity contribution in [2.45, 2.75) is 6.04 Å². The second-order valence-corrected chi connectivity index (χ2v) is 6.35. The number of likely N-dealkylation sites (tertiary alicyclic amines) is 2. The molecule has 0 unspecified atom stereocenters. The number of benzene rings is 1. The van der Waals surface area contributed by atoms with Crippen molar-refractivity contribution in [2.24, 2.45) is 11.8 Å². The Morgan fingerprint density at radius 1 is 1.18 bits per heavy atom. The van der Waals surface area contributed by atoms with Crippen LogP contribution in [0.4, 0.5) is 0 Å². The summed E-state index contributed by atoms with van der Waals surface area (Å²) in [6.45, 7) is 3.43.